The number of hydrogen-bond donors (Lipinski definition) is 2. The maximum Gasteiger partial charge on any atom is 0.234 e. The number of nitrogens with zero attached hydrogens (tertiary/aromatic N) is 3. The van der Waals surface area contributed by atoms with Gasteiger partial charge in [0.15, 0.2) is 5.75 Å². The van der Waals surface area contributed by atoms with Gasteiger partial charge >= 0.3 is 0 Å². The monoisotopic (exact) mass is 355 g/mol. The molecule has 3 aromatic rings. The number of nitrogens with two attached hydrogens (primary N) is 1. The minimum absolute atomic E-state index is 0.162. The first-order chi connectivity index (χ1) is 12.1. The first-order valence-electron chi connectivity index (χ1n) is 7.55. The Bertz CT molecular complexity index is 866. The number of carbonyl (C=O) groups excluding carboxylic acids is 1. The van der Waals surface area contributed by atoms with Gasteiger partial charge in [0, 0.05) is 0 Å². The summed E-state index contributed by atoms with van der Waals surface area (Å²) in [6, 6.07) is 16.7. The lowest BCUT2D eigenvalue weighted by molar-refractivity contribution is -0.113. The molecule has 0 spiro atoms. The van der Waals surface area contributed by atoms with Crippen LogP contribution in [0.2, 0.25) is 0 Å². The van der Waals surface area contributed by atoms with E-state index in [1.165, 1.54) is 16.4 Å². The summed E-state index contributed by atoms with van der Waals surface area (Å²) in [7, 11) is 0. The van der Waals surface area contributed by atoms with Crippen molar-refractivity contribution in [1.29, 1.82) is 0 Å². The Hall–Kier alpha value is -3.00. The van der Waals surface area contributed by atoms with E-state index in [9.17, 15) is 4.79 Å². The van der Waals surface area contributed by atoms with Gasteiger partial charge in [0.25, 0.3) is 0 Å². The number of nitrogen functional groups attached to an aromatic ring is 1. The van der Waals surface area contributed by atoms with Crippen LogP contribution in [-0.4, -0.2) is 26.5 Å². The number of nitrogens with one attached hydrogen (secondary N) is 1. The molecule has 0 atom stereocenters. The zero-order chi connectivity index (χ0) is 17.6. The van der Waals surface area contributed by atoms with Crippen LogP contribution in [0.3, 0.4) is 0 Å². The summed E-state index contributed by atoms with van der Waals surface area (Å²) < 4.78 is 7.18. The largest absolute Gasteiger partial charge is 0.455 e. The van der Waals surface area contributed by atoms with Gasteiger partial charge in [0.1, 0.15) is 11.6 Å². The third kappa shape index (κ3) is 4.30. The van der Waals surface area contributed by atoms with Crippen LogP contribution in [0.4, 0.5) is 5.69 Å². The van der Waals surface area contributed by atoms with E-state index in [0.717, 1.165) is 0 Å². The fourth-order valence-corrected chi connectivity index (χ4v) is 2.74. The van der Waals surface area contributed by atoms with E-state index < -0.39 is 0 Å². The summed E-state index contributed by atoms with van der Waals surface area (Å²) in [6.07, 6.45) is 0. The standard InChI is InChI=1S/C17H17N5O2S/c1-12-20-21-17(22(12)18)25-11-16(23)19-14-9-5-6-10-15(14)24-13-7-3-2-4-8-13/h2-10H,11,18H2,1H3,(H,19,23). The number of thioether (sulfide) groups is 1. The van der Waals surface area contributed by atoms with E-state index in [4.69, 9.17) is 10.6 Å². The molecule has 3 N–H and O–H groups in total. The Morgan fingerprint density at radius 1 is 1.16 bits per heavy atom. The van der Waals surface area contributed by atoms with Crippen molar-refractivity contribution in [2.45, 2.75) is 12.1 Å². The Labute approximate surface area is 149 Å². The molecule has 0 saturated carbocycles. The van der Waals surface area contributed by atoms with Gasteiger partial charge in [-0.15, -0.1) is 10.2 Å². The van der Waals surface area contributed by atoms with Crippen molar-refractivity contribution in [1.82, 2.24) is 14.9 Å². The van der Waals surface area contributed by atoms with Gasteiger partial charge in [-0.1, -0.05) is 42.1 Å². The third-order valence-corrected chi connectivity index (χ3v) is 4.24. The topological polar surface area (TPSA) is 95.1 Å². The zero-order valence-corrected chi connectivity index (χ0v) is 14.4. The second kappa shape index (κ2) is 7.71. The van der Waals surface area contributed by atoms with Crippen LogP contribution < -0.4 is 15.9 Å². The average Bonchev–Trinajstić information content (AvgIpc) is 2.94. The highest BCUT2D eigenvalue weighted by atomic mass is 32.2. The fourth-order valence-electron chi connectivity index (χ4n) is 2.04. The molecular formula is C17H17N5O2S. The number of anilines is 1. The van der Waals surface area contributed by atoms with Gasteiger partial charge in [-0.3, -0.25) is 4.79 Å². The number of aromatic nitrogens is 3. The van der Waals surface area contributed by atoms with Crippen molar-refractivity contribution in [2.75, 3.05) is 16.9 Å². The molecule has 1 amide bonds. The normalized spacial score (nSPS) is 10.4. The van der Waals surface area contributed by atoms with E-state index in [1.54, 1.807) is 19.1 Å². The van der Waals surface area contributed by atoms with E-state index >= 15 is 0 Å². The Morgan fingerprint density at radius 3 is 2.60 bits per heavy atom. The summed E-state index contributed by atoms with van der Waals surface area (Å²) in [6.45, 7) is 1.74. The first-order valence-corrected chi connectivity index (χ1v) is 8.53. The number of aryl methyl sites for hydroxylation is 1. The number of para-hydroxylation sites is 3. The lowest BCUT2D eigenvalue weighted by Crippen LogP contribution is -2.16. The van der Waals surface area contributed by atoms with Gasteiger partial charge in [0.2, 0.25) is 11.1 Å². The second-order valence-corrected chi connectivity index (χ2v) is 6.09. The molecule has 0 aliphatic heterocycles. The highest BCUT2D eigenvalue weighted by Gasteiger charge is 2.12. The second-order valence-electron chi connectivity index (χ2n) is 5.15. The van der Waals surface area contributed by atoms with Gasteiger partial charge in [-0.2, -0.15) is 0 Å². The van der Waals surface area contributed by atoms with Crippen LogP contribution in [0.5, 0.6) is 11.5 Å². The summed E-state index contributed by atoms with van der Waals surface area (Å²) >= 11 is 1.22. The van der Waals surface area contributed by atoms with Crippen molar-refractivity contribution in [3.63, 3.8) is 0 Å². The summed E-state index contributed by atoms with van der Waals surface area (Å²) in [5, 5.41) is 11.1. The van der Waals surface area contributed by atoms with E-state index in [-0.39, 0.29) is 11.7 Å². The predicted octanol–water partition coefficient (Wildman–Crippen LogP) is 2.82. The van der Waals surface area contributed by atoms with Crippen molar-refractivity contribution < 1.29 is 9.53 Å². The van der Waals surface area contributed by atoms with Crippen molar-refractivity contribution >= 4 is 23.4 Å². The number of ether oxygens (including phenoxy) is 1. The molecule has 0 aliphatic carbocycles. The first kappa shape index (κ1) is 16.8. The van der Waals surface area contributed by atoms with Gasteiger partial charge in [-0.25, -0.2) is 4.68 Å². The van der Waals surface area contributed by atoms with Crippen LogP contribution >= 0.6 is 11.8 Å². The lowest BCUT2D eigenvalue weighted by Gasteiger charge is -2.12. The molecule has 7 nitrogen and oxygen atoms in total. The molecule has 0 saturated heterocycles. The lowest BCUT2D eigenvalue weighted by atomic mass is 10.3. The Morgan fingerprint density at radius 2 is 1.88 bits per heavy atom. The zero-order valence-electron chi connectivity index (χ0n) is 13.5. The number of carbonyl (C=O) groups is 1. The molecule has 0 fully saturated rings. The van der Waals surface area contributed by atoms with E-state index in [2.05, 4.69) is 15.5 Å². The highest BCUT2D eigenvalue weighted by molar-refractivity contribution is 7.99. The molecular weight excluding hydrogens is 338 g/mol. The summed E-state index contributed by atoms with van der Waals surface area (Å²) in [4.78, 5) is 12.2. The van der Waals surface area contributed by atoms with Crippen LogP contribution in [0.1, 0.15) is 5.82 Å². The third-order valence-electron chi connectivity index (χ3n) is 3.30. The highest BCUT2D eigenvalue weighted by Crippen LogP contribution is 2.29. The molecule has 128 valence electrons. The quantitative estimate of drug-likeness (QED) is 0.521. The van der Waals surface area contributed by atoms with Crippen LogP contribution in [-0.2, 0) is 4.79 Å². The predicted molar refractivity (Wildman–Crippen MR) is 97.2 cm³/mol. The summed E-state index contributed by atoms with van der Waals surface area (Å²) in [5.74, 6) is 7.61. The van der Waals surface area contributed by atoms with Crippen LogP contribution in [0.25, 0.3) is 0 Å². The molecule has 1 heterocycles. The molecule has 0 radical (unpaired) electrons. The maximum absolute atomic E-state index is 12.2. The molecule has 25 heavy (non-hydrogen) atoms. The minimum atomic E-state index is -0.185. The Balaban J connectivity index is 1.64. The van der Waals surface area contributed by atoms with Crippen molar-refractivity contribution in [3.8, 4) is 11.5 Å². The molecule has 2 aromatic carbocycles. The van der Waals surface area contributed by atoms with Gasteiger partial charge < -0.3 is 15.9 Å². The van der Waals surface area contributed by atoms with Gasteiger partial charge in [-0.05, 0) is 31.2 Å². The SMILES string of the molecule is Cc1nnc(SCC(=O)Nc2ccccc2Oc2ccccc2)n1N. The number of rotatable bonds is 6. The molecule has 0 unspecified atom stereocenters. The van der Waals surface area contributed by atoms with E-state index in [1.807, 2.05) is 42.5 Å². The molecule has 1 aromatic heterocycles. The average molecular weight is 355 g/mol. The van der Waals surface area contributed by atoms with Crippen molar-refractivity contribution in [3.05, 3.63) is 60.4 Å². The minimum Gasteiger partial charge on any atom is -0.455 e. The van der Waals surface area contributed by atoms with Crippen LogP contribution in [0, 0.1) is 6.92 Å². The smallest absolute Gasteiger partial charge is 0.234 e. The van der Waals surface area contributed by atoms with E-state index in [0.29, 0.717) is 28.2 Å². The number of benzene rings is 2. The molecule has 0 aliphatic rings. The molecule has 3 rings (SSSR count). The summed E-state index contributed by atoms with van der Waals surface area (Å²) in [5.41, 5.74) is 0.599. The van der Waals surface area contributed by atoms with Crippen LogP contribution in [0.15, 0.2) is 59.8 Å². The maximum atomic E-state index is 12.2. The van der Waals surface area contributed by atoms with Gasteiger partial charge in [0.05, 0.1) is 11.4 Å². The molecule has 8 heteroatoms. The molecule has 0 bridgehead atoms. The van der Waals surface area contributed by atoms with Crippen molar-refractivity contribution in [2.24, 2.45) is 0 Å². The number of amides is 1. The fraction of sp³-hybridized carbons (Fsp3) is 0.118. The Kier molecular flexibility index (Phi) is 5.20. The number of hydrogen-bond acceptors (Lipinski definition) is 6.